The third-order valence-electron chi connectivity index (χ3n) is 2.30. The summed E-state index contributed by atoms with van der Waals surface area (Å²) in [5.41, 5.74) is 5.38. The molecule has 1 unspecified atom stereocenters. The van der Waals surface area contributed by atoms with Crippen LogP contribution in [0.25, 0.3) is 0 Å². The zero-order valence-corrected chi connectivity index (χ0v) is 9.95. The van der Waals surface area contributed by atoms with Crippen molar-refractivity contribution in [2.75, 3.05) is 40.5 Å². The first-order chi connectivity index (χ1) is 7.11. The van der Waals surface area contributed by atoms with Gasteiger partial charge in [0.1, 0.15) is 0 Å². The minimum atomic E-state index is 0.224. The Bertz CT molecular complexity index is 168. The largest absolute Gasteiger partial charge is 0.388 e. The van der Waals surface area contributed by atoms with Gasteiger partial charge >= 0.3 is 0 Å². The van der Waals surface area contributed by atoms with Crippen LogP contribution >= 0.6 is 0 Å². The van der Waals surface area contributed by atoms with E-state index in [1.807, 2.05) is 0 Å². The van der Waals surface area contributed by atoms with Crippen LogP contribution in [-0.4, -0.2) is 57.3 Å². The zero-order valence-electron chi connectivity index (χ0n) is 9.95. The van der Waals surface area contributed by atoms with E-state index in [2.05, 4.69) is 11.8 Å². The van der Waals surface area contributed by atoms with Gasteiger partial charge in [0.2, 0.25) is 0 Å². The molecule has 0 saturated heterocycles. The van der Waals surface area contributed by atoms with Crippen molar-refractivity contribution < 1.29 is 9.47 Å². The Hall–Kier alpha value is -0.650. The van der Waals surface area contributed by atoms with Crippen molar-refractivity contribution in [3.05, 3.63) is 0 Å². The molecule has 3 N–H and O–H groups in total. The lowest BCUT2D eigenvalue weighted by molar-refractivity contribution is 0.0936. The maximum Gasteiger partial charge on any atom is 0.0920 e. The van der Waals surface area contributed by atoms with Crippen LogP contribution in [0.4, 0.5) is 0 Å². The summed E-state index contributed by atoms with van der Waals surface area (Å²) in [5.74, 6) is 0.224. The van der Waals surface area contributed by atoms with Gasteiger partial charge in [0.15, 0.2) is 0 Å². The molecule has 0 radical (unpaired) electrons. The normalized spacial score (nSPS) is 13.1. The molecular weight excluding hydrogens is 194 g/mol. The topological polar surface area (TPSA) is 71.6 Å². The van der Waals surface area contributed by atoms with Gasteiger partial charge in [0.05, 0.1) is 19.0 Å². The molecule has 0 bridgehead atoms. The van der Waals surface area contributed by atoms with Gasteiger partial charge < -0.3 is 15.2 Å². The van der Waals surface area contributed by atoms with Crippen LogP contribution < -0.4 is 5.73 Å². The van der Waals surface area contributed by atoms with Crippen LogP contribution in [0.1, 0.15) is 13.3 Å². The van der Waals surface area contributed by atoms with Gasteiger partial charge in [0.25, 0.3) is 0 Å². The van der Waals surface area contributed by atoms with Crippen LogP contribution in [0, 0.1) is 5.41 Å². The molecule has 0 rings (SSSR count). The minimum Gasteiger partial charge on any atom is -0.388 e. The third-order valence-corrected chi connectivity index (χ3v) is 2.30. The number of nitrogens with two attached hydrogens (primary N) is 1. The Labute approximate surface area is 92.0 Å². The molecular formula is C10H23N3O2. The second-order valence-electron chi connectivity index (χ2n) is 3.60. The van der Waals surface area contributed by atoms with E-state index >= 15 is 0 Å². The molecule has 5 nitrogen and oxygen atoms in total. The molecule has 0 amide bonds. The van der Waals surface area contributed by atoms with Gasteiger partial charge in [0, 0.05) is 39.8 Å². The predicted octanol–water partition coefficient (Wildman–Crippen LogP) is 0.296. The van der Waals surface area contributed by atoms with Gasteiger partial charge in [-0.3, -0.25) is 10.3 Å². The number of nitrogens with zero attached hydrogens (tertiary/aromatic N) is 1. The SMILES string of the molecule is COCCN(CCOC)C(C)CC(=N)N. The fourth-order valence-electron chi connectivity index (χ4n) is 1.42. The summed E-state index contributed by atoms with van der Waals surface area (Å²) in [6, 6.07) is 0.257. The first-order valence-corrected chi connectivity index (χ1v) is 5.16. The van der Waals surface area contributed by atoms with E-state index in [4.69, 9.17) is 20.6 Å². The number of methoxy groups -OCH3 is 2. The lowest BCUT2D eigenvalue weighted by Crippen LogP contribution is -2.40. The highest BCUT2D eigenvalue weighted by Crippen LogP contribution is 2.03. The van der Waals surface area contributed by atoms with Crippen LogP contribution in [-0.2, 0) is 9.47 Å². The molecule has 0 aliphatic rings. The molecule has 0 heterocycles. The van der Waals surface area contributed by atoms with Gasteiger partial charge in [-0.05, 0) is 6.92 Å². The predicted molar refractivity (Wildman–Crippen MR) is 61.3 cm³/mol. The molecule has 0 aliphatic carbocycles. The van der Waals surface area contributed by atoms with Crippen molar-refractivity contribution in [3.63, 3.8) is 0 Å². The summed E-state index contributed by atoms with van der Waals surface area (Å²) in [5, 5.41) is 7.26. The van der Waals surface area contributed by atoms with Gasteiger partial charge in [-0.15, -0.1) is 0 Å². The summed E-state index contributed by atoms with van der Waals surface area (Å²) < 4.78 is 10.1. The molecule has 0 aromatic rings. The van der Waals surface area contributed by atoms with E-state index in [0.29, 0.717) is 19.6 Å². The van der Waals surface area contributed by atoms with E-state index in [0.717, 1.165) is 13.1 Å². The van der Waals surface area contributed by atoms with Gasteiger partial charge in [-0.25, -0.2) is 0 Å². The Kier molecular flexibility index (Phi) is 8.27. The molecule has 0 spiro atoms. The van der Waals surface area contributed by atoms with E-state index in [9.17, 15) is 0 Å². The molecule has 0 aromatic carbocycles. The second kappa shape index (κ2) is 8.64. The lowest BCUT2D eigenvalue weighted by Gasteiger charge is -2.28. The maximum atomic E-state index is 7.26. The van der Waals surface area contributed by atoms with Crippen molar-refractivity contribution in [2.24, 2.45) is 5.73 Å². The number of rotatable bonds is 9. The Morgan fingerprint density at radius 3 is 2.07 bits per heavy atom. The van der Waals surface area contributed by atoms with Gasteiger partial charge in [-0.1, -0.05) is 0 Å². The van der Waals surface area contributed by atoms with Crippen molar-refractivity contribution in [1.29, 1.82) is 5.41 Å². The summed E-state index contributed by atoms with van der Waals surface area (Å²) in [4.78, 5) is 2.22. The molecule has 5 heteroatoms. The molecule has 0 aromatic heterocycles. The Balaban J connectivity index is 4.00. The van der Waals surface area contributed by atoms with Crippen LogP contribution in [0.5, 0.6) is 0 Å². The highest BCUT2D eigenvalue weighted by atomic mass is 16.5. The monoisotopic (exact) mass is 217 g/mol. The lowest BCUT2D eigenvalue weighted by atomic mass is 10.2. The number of ether oxygens (including phenoxy) is 2. The highest BCUT2D eigenvalue weighted by molar-refractivity contribution is 5.77. The highest BCUT2D eigenvalue weighted by Gasteiger charge is 2.13. The van der Waals surface area contributed by atoms with E-state index < -0.39 is 0 Å². The van der Waals surface area contributed by atoms with Gasteiger partial charge in [-0.2, -0.15) is 0 Å². The number of amidine groups is 1. The van der Waals surface area contributed by atoms with E-state index in [-0.39, 0.29) is 11.9 Å². The first-order valence-electron chi connectivity index (χ1n) is 5.16. The number of nitrogens with one attached hydrogen (secondary N) is 1. The molecule has 1 atom stereocenters. The Morgan fingerprint density at radius 2 is 1.73 bits per heavy atom. The standard InChI is InChI=1S/C10H23N3O2/c1-9(8-10(11)12)13(4-6-14-2)5-7-15-3/h9H,4-8H2,1-3H3,(H3,11,12). The molecule has 0 saturated carbocycles. The maximum absolute atomic E-state index is 7.26. The van der Waals surface area contributed by atoms with Crippen molar-refractivity contribution in [1.82, 2.24) is 4.90 Å². The smallest absolute Gasteiger partial charge is 0.0920 e. The Morgan fingerprint density at radius 1 is 1.27 bits per heavy atom. The first kappa shape index (κ1) is 14.3. The van der Waals surface area contributed by atoms with Crippen molar-refractivity contribution in [2.45, 2.75) is 19.4 Å². The summed E-state index contributed by atoms with van der Waals surface area (Å²) in [6.07, 6.45) is 0.591. The summed E-state index contributed by atoms with van der Waals surface area (Å²) in [6.45, 7) is 5.12. The summed E-state index contributed by atoms with van der Waals surface area (Å²) >= 11 is 0. The minimum absolute atomic E-state index is 0.224. The fourth-order valence-corrected chi connectivity index (χ4v) is 1.42. The second-order valence-corrected chi connectivity index (χ2v) is 3.60. The van der Waals surface area contributed by atoms with Crippen LogP contribution in [0.15, 0.2) is 0 Å². The zero-order chi connectivity index (χ0) is 11.7. The quantitative estimate of drug-likeness (QED) is 0.430. The van der Waals surface area contributed by atoms with Crippen molar-refractivity contribution >= 4 is 5.84 Å². The molecule has 90 valence electrons. The van der Waals surface area contributed by atoms with E-state index in [1.165, 1.54) is 0 Å². The third kappa shape index (κ3) is 7.30. The average Bonchev–Trinajstić information content (AvgIpc) is 2.17. The fraction of sp³-hybridized carbons (Fsp3) is 0.900. The van der Waals surface area contributed by atoms with E-state index in [1.54, 1.807) is 14.2 Å². The molecule has 0 fully saturated rings. The molecule has 15 heavy (non-hydrogen) atoms. The number of hydrogen-bond donors (Lipinski definition) is 2. The van der Waals surface area contributed by atoms with Crippen LogP contribution in [0.2, 0.25) is 0 Å². The average molecular weight is 217 g/mol. The van der Waals surface area contributed by atoms with Crippen LogP contribution in [0.3, 0.4) is 0 Å². The number of hydrogen-bond acceptors (Lipinski definition) is 4. The molecule has 0 aliphatic heterocycles. The van der Waals surface area contributed by atoms with Crippen molar-refractivity contribution in [3.8, 4) is 0 Å². The summed E-state index contributed by atoms with van der Waals surface area (Å²) in [7, 11) is 3.37.